The van der Waals surface area contributed by atoms with Gasteiger partial charge in [0.2, 0.25) is 0 Å². The third kappa shape index (κ3) is 31.2. The van der Waals surface area contributed by atoms with Crippen molar-refractivity contribution < 1.29 is 9.47 Å². The van der Waals surface area contributed by atoms with Gasteiger partial charge < -0.3 is 9.47 Å². The number of rotatable bonds is 34. The average Bonchev–Trinajstić information content (AvgIpc) is 2.98. The Labute approximate surface area is 293 Å². The lowest BCUT2D eigenvalue weighted by molar-refractivity contribution is -0.0242. The van der Waals surface area contributed by atoms with Crippen molar-refractivity contribution in [2.45, 2.75) is 217 Å². The molecule has 0 aliphatic carbocycles. The molecular weight excluding hydrogens is 560 g/mol. The van der Waals surface area contributed by atoms with Gasteiger partial charge in [0, 0.05) is 13.2 Å². The second-order valence-corrected chi connectivity index (χ2v) is 17.6. The van der Waals surface area contributed by atoms with E-state index in [0.29, 0.717) is 0 Å². The van der Waals surface area contributed by atoms with E-state index in [1.54, 1.807) is 0 Å². The van der Waals surface area contributed by atoms with Crippen molar-refractivity contribution in [2.24, 2.45) is 47.3 Å². The molecule has 0 saturated carbocycles. The molecule has 0 aliphatic rings. The van der Waals surface area contributed by atoms with Crippen LogP contribution in [0.1, 0.15) is 211 Å². The van der Waals surface area contributed by atoms with Crippen LogP contribution in [0.5, 0.6) is 0 Å². The summed E-state index contributed by atoms with van der Waals surface area (Å²) >= 11 is 0. The van der Waals surface area contributed by atoms with Crippen LogP contribution in [-0.2, 0) is 9.47 Å². The maximum Gasteiger partial charge on any atom is 0.0805 e. The van der Waals surface area contributed by atoms with Gasteiger partial charge >= 0.3 is 0 Å². The van der Waals surface area contributed by atoms with Crippen LogP contribution in [0.2, 0.25) is 0 Å². The molecule has 0 aromatic carbocycles. The van der Waals surface area contributed by atoms with Gasteiger partial charge in [0.05, 0.1) is 12.7 Å². The van der Waals surface area contributed by atoms with Crippen LogP contribution in [0.15, 0.2) is 0 Å². The Balaban J connectivity index is 3.77. The summed E-state index contributed by atoms with van der Waals surface area (Å²) in [5.41, 5.74) is 0. The zero-order chi connectivity index (χ0) is 34.6. The number of ether oxygens (including phenoxy) is 2. The summed E-state index contributed by atoms with van der Waals surface area (Å²) in [6, 6.07) is 0. The van der Waals surface area contributed by atoms with Gasteiger partial charge in [0.25, 0.3) is 0 Å². The van der Waals surface area contributed by atoms with Crippen molar-refractivity contribution in [2.75, 3.05) is 19.8 Å². The Kier molecular flexibility index (Phi) is 30.9. The molecule has 46 heavy (non-hydrogen) atoms. The van der Waals surface area contributed by atoms with E-state index in [0.717, 1.165) is 73.6 Å². The second-order valence-electron chi connectivity index (χ2n) is 17.6. The third-order valence-corrected chi connectivity index (χ3v) is 11.0. The normalized spacial score (nSPS) is 16.9. The Bertz CT molecular complexity index is 615. The first-order chi connectivity index (χ1) is 21.9. The van der Waals surface area contributed by atoms with E-state index in [1.165, 1.54) is 128 Å². The van der Waals surface area contributed by atoms with Crippen LogP contribution in [0, 0.1) is 47.3 Å². The molecule has 7 atom stereocenters. The van der Waals surface area contributed by atoms with Gasteiger partial charge in [-0.1, -0.05) is 192 Å². The molecule has 278 valence electrons. The van der Waals surface area contributed by atoms with Crippen LogP contribution in [0.4, 0.5) is 0 Å². The largest absolute Gasteiger partial charge is 0.379 e. The minimum atomic E-state index is 0.258. The molecule has 0 heterocycles. The third-order valence-electron chi connectivity index (χ3n) is 11.0. The van der Waals surface area contributed by atoms with Crippen molar-refractivity contribution >= 4 is 0 Å². The van der Waals surface area contributed by atoms with E-state index in [1.807, 2.05) is 0 Å². The van der Waals surface area contributed by atoms with Gasteiger partial charge in [-0.15, -0.1) is 0 Å². The van der Waals surface area contributed by atoms with Crippen LogP contribution in [-0.4, -0.2) is 25.9 Å². The minimum Gasteiger partial charge on any atom is -0.379 e. The summed E-state index contributed by atoms with van der Waals surface area (Å²) in [5.74, 6) is 6.83. The fourth-order valence-electron chi connectivity index (χ4n) is 7.09. The zero-order valence-electron chi connectivity index (χ0n) is 34.0. The maximum atomic E-state index is 6.25. The molecule has 0 aromatic rings. The highest BCUT2D eigenvalue weighted by atomic mass is 16.5. The van der Waals surface area contributed by atoms with Crippen LogP contribution in [0.25, 0.3) is 0 Å². The summed E-state index contributed by atoms with van der Waals surface area (Å²) in [6.07, 6.45) is 28.9. The predicted molar refractivity (Wildman–Crippen MR) is 208 cm³/mol. The summed E-state index contributed by atoms with van der Waals surface area (Å²) in [4.78, 5) is 0. The standard InChI is InChI=1S/C44H90O2/c1-12-44(46-34-32-43(11)30-18-28-41(9)26-16-24-39(7)22-14-20-37(4)5)35-45-33-31-42(10)29-17-27-40(8)25-15-23-38(6)21-13-19-36(2)3/h36-44H,12-35H2,1-11H3. The predicted octanol–water partition coefficient (Wildman–Crippen LogP) is 14.7. The fourth-order valence-corrected chi connectivity index (χ4v) is 7.09. The number of hydrogen-bond acceptors (Lipinski definition) is 2. The SMILES string of the molecule is CCC(COCCC(C)CCCC(C)CCCC(C)CCCC(C)C)OCCC(C)CCCC(C)CCCC(C)CCCC(C)C. The van der Waals surface area contributed by atoms with Gasteiger partial charge in [-0.2, -0.15) is 0 Å². The second kappa shape index (κ2) is 30.9. The molecular formula is C44H90O2. The van der Waals surface area contributed by atoms with E-state index in [9.17, 15) is 0 Å². The quantitative estimate of drug-likeness (QED) is 0.0645. The molecule has 0 N–H and O–H groups in total. The molecule has 2 heteroatoms. The molecule has 0 spiro atoms. The minimum absolute atomic E-state index is 0.258. The lowest BCUT2D eigenvalue weighted by atomic mass is 9.91. The topological polar surface area (TPSA) is 18.5 Å². The molecule has 0 radical (unpaired) electrons. The molecule has 0 aromatic heterocycles. The summed E-state index contributed by atoms with van der Waals surface area (Å²) in [7, 11) is 0. The van der Waals surface area contributed by atoms with E-state index < -0.39 is 0 Å². The molecule has 0 fully saturated rings. The summed E-state index contributed by atoms with van der Waals surface area (Å²) in [6.45, 7) is 28.9. The Morgan fingerprint density at radius 2 is 0.630 bits per heavy atom. The van der Waals surface area contributed by atoms with Crippen molar-refractivity contribution in [3.05, 3.63) is 0 Å². The van der Waals surface area contributed by atoms with E-state index in [4.69, 9.17) is 9.47 Å². The summed E-state index contributed by atoms with van der Waals surface area (Å²) < 4.78 is 12.4. The van der Waals surface area contributed by atoms with E-state index in [-0.39, 0.29) is 6.10 Å². The average molecular weight is 651 g/mol. The zero-order valence-corrected chi connectivity index (χ0v) is 34.0. The highest BCUT2D eigenvalue weighted by Crippen LogP contribution is 2.24. The highest BCUT2D eigenvalue weighted by Gasteiger charge is 2.12. The first kappa shape index (κ1) is 45.9. The lowest BCUT2D eigenvalue weighted by Gasteiger charge is -2.19. The molecule has 7 unspecified atom stereocenters. The molecule has 0 aliphatic heterocycles. The molecule has 0 saturated heterocycles. The summed E-state index contributed by atoms with van der Waals surface area (Å²) in [5, 5.41) is 0. The Morgan fingerprint density at radius 3 is 0.935 bits per heavy atom. The Morgan fingerprint density at radius 1 is 0.348 bits per heavy atom. The molecule has 0 bridgehead atoms. The van der Waals surface area contributed by atoms with E-state index >= 15 is 0 Å². The van der Waals surface area contributed by atoms with Crippen molar-refractivity contribution in [1.29, 1.82) is 0 Å². The molecule has 2 nitrogen and oxygen atoms in total. The molecule has 0 amide bonds. The first-order valence-electron chi connectivity index (χ1n) is 21.1. The van der Waals surface area contributed by atoms with Gasteiger partial charge in [0.1, 0.15) is 0 Å². The van der Waals surface area contributed by atoms with Gasteiger partial charge in [-0.25, -0.2) is 0 Å². The van der Waals surface area contributed by atoms with Gasteiger partial charge in [0.15, 0.2) is 0 Å². The van der Waals surface area contributed by atoms with Crippen molar-refractivity contribution in [3.8, 4) is 0 Å². The first-order valence-corrected chi connectivity index (χ1v) is 21.1. The fraction of sp³-hybridized carbons (Fsp3) is 1.00. The van der Waals surface area contributed by atoms with Gasteiger partial charge in [-0.05, 0) is 66.6 Å². The number of hydrogen-bond donors (Lipinski definition) is 0. The highest BCUT2D eigenvalue weighted by molar-refractivity contribution is 4.64. The Hall–Kier alpha value is -0.0800. The smallest absolute Gasteiger partial charge is 0.0805 e. The maximum absolute atomic E-state index is 6.25. The van der Waals surface area contributed by atoms with E-state index in [2.05, 4.69) is 76.2 Å². The van der Waals surface area contributed by atoms with Crippen LogP contribution >= 0.6 is 0 Å². The van der Waals surface area contributed by atoms with Crippen molar-refractivity contribution in [1.82, 2.24) is 0 Å². The molecule has 0 rings (SSSR count). The van der Waals surface area contributed by atoms with Crippen molar-refractivity contribution in [3.63, 3.8) is 0 Å². The monoisotopic (exact) mass is 651 g/mol. The van der Waals surface area contributed by atoms with Crippen LogP contribution < -0.4 is 0 Å². The van der Waals surface area contributed by atoms with Crippen LogP contribution in [0.3, 0.4) is 0 Å². The lowest BCUT2D eigenvalue weighted by Crippen LogP contribution is -2.21. The van der Waals surface area contributed by atoms with Gasteiger partial charge in [-0.3, -0.25) is 0 Å².